The largest absolute Gasteiger partial charge is 0.385 e. The number of nitrogens with zero attached hydrogens (tertiary/aromatic N) is 2. The summed E-state index contributed by atoms with van der Waals surface area (Å²) in [5.74, 6) is 0.407. The summed E-state index contributed by atoms with van der Waals surface area (Å²) < 4.78 is 5.78. The van der Waals surface area contributed by atoms with Crippen LogP contribution in [0.25, 0.3) is 0 Å². The molecule has 2 saturated heterocycles. The van der Waals surface area contributed by atoms with E-state index in [9.17, 15) is 9.90 Å². The predicted octanol–water partition coefficient (Wildman–Crippen LogP) is 2.77. The third-order valence-electron chi connectivity index (χ3n) is 6.98. The van der Waals surface area contributed by atoms with Crippen molar-refractivity contribution in [3.8, 4) is 0 Å². The number of ether oxygens (including phenoxy) is 1. The van der Waals surface area contributed by atoms with Gasteiger partial charge in [-0.25, -0.2) is 0 Å². The Hall–Kier alpha value is -1.43. The average Bonchev–Trinajstić information content (AvgIpc) is 2.70. The number of carbonyl (C=O) groups is 1. The molecule has 0 radical (unpaired) electrons. The first kappa shape index (κ1) is 19.9. The van der Waals surface area contributed by atoms with Crippen molar-refractivity contribution in [1.29, 1.82) is 0 Å². The van der Waals surface area contributed by atoms with Crippen LogP contribution in [0, 0.1) is 5.92 Å². The van der Waals surface area contributed by atoms with Crippen LogP contribution in [-0.2, 0) is 15.1 Å². The van der Waals surface area contributed by atoms with E-state index in [4.69, 9.17) is 4.74 Å². The minimum Gasteiger partial charge on any atom is -0.385 e. The summed E-state index contributed by atoms with van der Waals surface area (Å²) in [7, 11) is 0. The van der Waals surface area contributed by atoms with Gasteiger partial charge in [0.2, 0.25) is 5.91 Å². The van der Waals surface area contributed by atoms with Crippen LogP contribution in [0.2, 0.25) is 0 Å². The maximum atomic E-state index is 13.0. The van der Waals surface area contributed by atoms with E-state index in [-0.39, 0.29) is 30.1 Å². The molecule has 0 unspecified atom stereocenters. The van der Waals surface area contributed by atoms with Crippen molar-refractivity contribution in [1.82, 2.24) is 9.80 Å². The molecule has 154 valence electrons. The molecule has 5 heteroatoms. The molecule has 1 saturated carbocycles. The van der Waals surface area contributed by atoms with Gasteiger partial charge in [0.15, 0.2) is 0 Å². The van der Waals surface area contributed by atoms with Crippen molar-refractivity contribution in [2.75, 3.05) is 26.2 Å². The van der Waals surface area contributed by atoms with E-state index in [1.54, 1.807) is 0 Å². The summed E-state index contributed by atoms with van der Waals surface area (Å²) in [6, 6.07) is 10.4. The Kier molecular flexibility index (Phi) is 5.77. The number of amides is 1. The van der Waals surface area contributed by atoms with E-state index in [1.807, 2.05) is 36.9 Å². The fraction of sp³-hybridized carbons (Fsp3) is 0.696. The van der Waals surface area contributed by atoms with E-state index in [2.05, 4.69) is 17.0 Å². The second kappa shape index (κ2) is 8.13. The molecular weight excluding hydrogens is 352 g/mol. The van der Waals surface area contributed by atoms with Crippen LogP contribution in [0.15, 0.2) is 30.3 Å². The lowest BCUT2D eigenvalue weighted by Gasteiger charge is -2.52. The van der Waals surface area contributed by atoms with Gasteiger partial charge in [0, 0.05) is 31.6 Å². The minimum absolute atomic E-state index is 0.0969. The molecule has 2 aliphatic heterocycles. The first-order valence-electron chi connectivity index (χ1n) is 10.9. The molecule has 5 nitrogen and oxygen atoms in total. The van der Waals surface area contributed by atoms with Crippen molar-refractivity contribution < 1.29 is 14.6 Å². The van der Waals surface area contributed by atoms with Crippen LogP contribution in [0.1, 0.15) is 51.5 Å². The molecule has 2 heterocycles. The zero-order valence-corrected chi connectivity index (χ0v) is 17.2. The van der Waals surface area contributed by atoms with Gasteiger partial charge in [-0.1, -0.05) is 43.2 Å². The molecule has 1 N–H and O–H groups in total. The fourth-order valence-corrected chi connectivity index (χ4v) is 5.71. The molecule has 28 heavy (non-hydrogen) atoms. The molecule has 0 bridgehead atoms. The Labute approximate surface area is 168 Å². The maximum Gasteiger partial charge on any atom is 0.236 e. The van der Waals surface area contributed by atoms with Crippen molar-refractivity contribution in [3.63, 3.8) is 0 Å². The molecule has 0 spiro atoms. The Morgan fingerprint density at radius 1 is 1.14 bits per heavy atom. The quantitative estimate of drug-likeness (QED) is 0.868. The zero-order chi connectivity index (χ0) is 19.7. The number of fused-ring (bicyclic) bond motifs is 1. The van der Waals surface area contributed by atoms with Gasteiger partial charge >= 0.3 is 0 Å². The number of morpholine rings is 1. The number of hydrogen-bond acceptors (Lipinski definition) is 4. The highest BCUT2D eigenvalue weighted by Crippen LogP contribution is 2.46. The summed E-state index contributed by atoms with van der Waals surface area (Å²) in [5, 5.41) is 11.7. The van der Waals surface area contributed by atoms with Crippen LogP contribution in [-0.4, -0.2) is 65.2 Å². The van der Waals surface area contributed by atoms with E-state index < -0.39 is 5.60 Å². The molecule has 1 aromatic rings. The monoisotopic (exact) mass is 386 g/mol. The predicted molar refractivity (Wildman–Crippen MR) is 109 cm³/mol. The van der Waals surface area contributed by atoms with E-state index >= 15 is 0 Å². The van der Waals surface area contributed by atoms with Crippen molar-refractivity contribution in [2.45, 2.75) is 69.8 Å². The Bertz CT molecular complexity index is 672. The maximum absolute atomic E-state index is 13.0. The van der Waals surface area contributed by atoms with Gasteiger partial charge < -0.3 is 14.7 Å². The highest BCUT2D eigenvalue weighted by molar-refractivity contribution is 5.78. The Morgan fingerprint density at radius 2 is 1.82 bits per heavy atom. The van der Waals surface area contributed by atoms with Crippen LogP contribution in [0.5, 0.6) is 0 Å². The Morgan fingerprint density at radius 3 is 2.54 bits per heavy atom. The van der Waals surface area contributed by atoms with Crippen LogP contribution >= 0.6 is 0 Å². The van der Waals surface area contributed by atoms with E-state index in [0.717, 1.165) is 31.4 Å². The van der Waals surface area contributed by atoms with Gasteiger partial charge in [-0.3, -0.25) is 9.69 Å². The lowest BCUT2D eigenvalue weighted by atomic mass is 9.66. The molecule has 3 fully saturated rings. The van der Waals surface area contributed by atoms with Gasteiger partial charge in [0.25, 0.3) is 0 Å². The van der Waals surface area contributed by atoms with Gasteiger partial charge in [0.05, 0.1) is 24.4 Å². The summed E-state index contributed by atoms with van der Waals surface area (Å²) in [6.07, 6.45) is 5.34. The number of likely N-dealkylation sites (tertiary alicyclic amines) is 1. The molecule has 3 aliphatic rings. The molecular formula is C23H34N2O3. The summed E-state index contributed by atoms with van der Waals surface area (Å²) in [4.78, 5) is 17.4. The summed E-state index contributed by atoms with van der Waals surface area (Å²) in [6.45, 7) is 6.67. The Balaban J connectivity index is 1.49. The molecule has 1 amide bonds. The summed E-state index contributed by atoms with van der Waals surface area (Å²) in [5.41, 5.74) is 0.266. The van der Waals surface area contributed by atoms with Crippen molar-refractivity contribution >= 4 is 5.91 Å². The molecule has 0 aromatic heterocycles. The first-order valence-corrected chi connectivity index (χ1v) is 10.9. The number of piperidine rings is 1. The smallest absolute Gasteiger partial charge is 0.236 e. The molecule has 1 aliphatic carbocycles. The van der Waals surface area contributed by atoms with Crippen LogP contribution in [0.4, 0.5) is 0 Å². The van der Waals surface area contributed by atoms with Gasteiger partial charge in [-0.15, -0.1) is 0 Å². The highest BCUT2D eigenvalue weighted by Gasteiger charge is 2.49. The molecule has 5 atom stereocenters. The molecule has 4 rings (SSSR count). The number of hydrogen-bond donors (Lipinski definition) is 1. The SMILES string of the molecule is C[C@@H]1CN(C(=O)CN2CC[C@@](O)(c3ccccc3)[C@H]3CCCC[C@H]32)C[C@H](C)O1. The number of aliphatic hydroxyl groups is 1. The molecule has 1 aromatic carbocycles. The standard InChI is InChI=1S/C23H34N2O3/c1-17-14-25(15-18(2)28-17)22(26)16-24-13-12-23(27,19-8-4-3-5-9-19)20-10-6-7-11-21(20)24/h3-5,8-9,17-18,20-21,27H,6-7,10-16H2,1-2H3/t17-,18+,20-,21+,23+/m0/s1. The third kappa shape index (κ3) is 3.85. The zero-order valence-electron chi connectivity index (χ0n) is 17.2. The minimum atomic E-state index is -0.770. The van der Waals surface area contributed by atoms with Crippen LogP contribution < -0.4 is 0 Å². The van der Waals surface area contributed by atoms with Gasteiger partial charge in [-0.05, 0) is 38.7 Å². The van der Waals surface area contributed by atoms with Crippen molar-refractivity contribution in [3.05, 3.63) is 35.9 Å². The topological polar surface area (TPSA) is 53.0 Å². The fourth-order valence-electron chi connectivity index (χ4n) is 5.71. The second-order valence-corrected chi connectivity index (χ2v) is 9.03. The number of carbonyl (C=O) groups excluding carboxylic acids is 1. The highest BCUT2D eigenvalue weighted by atomic mass is 16.5. The second-order valence-electron chi connectivity index (χ2n) is 9.03. The average molecular weight is 387 g/mol. The number of rotatable bonds is 3. The van der Waals surface area contributed by atoms with Gasteiger partial charge in [0.1, 0.15) is 0 Å². The van der Waals surface area contributed by atoms with Crippen molar-refractivity contribution in [2.24, 2.45) is 5.92 Å². The van der Waals surface area contributed by atoms with E-state index in [1.165, 1.54) is 6.42 Å². The van der Waals surface area contributed by atoms with E-state index in [0.29, 0.717) is 26.1 Å². The summed E-state index contributed by atoms with van der Waals surface area (Å²) >= 11 is 0. The normalized spacial score (nSPS) is 36.8. The first-order chi connectivity index (χ1) is 13.5. The number of benzene rings is 1. The lowest BCUT2D eigenvalue weighted by molar-refractivity contribution is -0.152. The van der Waals surface area contributed by atoms with Crippen LogP contribution in [0.3, 0.4) is 0 Å². The lowest BCUT2D eigenvalue weighted by Crippen LogP contribution is -2.60. The third-order valence-corrected chi connectivity index (χ3v) is 6.98. The van der Waals surface area contributed by atoms with Gasteiger partial charge in [-0.2, -0.15) is 0 Å².